The Morgan fingerprint density at radius 2 is 2.43 bits per heavy atom. The van der Waals surface area contributed by atoms with Crippen LogP contribution in [0.3, 0.4) is 0 Å². The first-order valence-corrected chi connectivity index (χ1v) is 5.62. The molecule has 0 aromatic carbocycles. The van der Waals surface area contributed by atoms with E-state index in [1.807, 2.05) is 20.9 Å². The Balaban J connectivity index is 2.50. The van der Waals surface area contributed by atoms with Gasteiger partial charge < -0.3 is 5.32 Å². The van der Waals surface area contributed by atoms with Crippen LogP contribution in [0.15, 0.2) is 5.38 Å². The molecule has 3 heteroatoms. The highest BCUT2D eigenvalue weighted by atomic mass is 32.1. The van der Waals surface area contributed by atoms with Gasteiger partial charge in [0, 0.05) is 24.3 Å². The minimum atomic E-state index is 0.420. The van der Waals surface area contributed by atoms with Gasteiger partial charge in [0.2, 0.25) is 0 Å². The lowest BCUT2D eigenvalue weighted by atomic mass is 10.1. The SMILES string of the molecule is CC#CCC(Cc1csc(C)n1)NC. The summed E-state index contributed by atoms with van der Waals surface area (Å²) in [5, 5.41) is 6.52. The molecule has 1 aromatic rings. The minimum Gasteiger partial charge on any atom is -0.316 e. The Kier molecular flexibility index (Phi) is 4.64. The molecule has 1 aromatic heterocycles. The van der Waals surface area contributed by atoms with Gasteiger partial charge in [0.25, 0.3) is 0 Å². The zero-order valence-electron chi connectivity index (χ0n) is 8.92. The average molecular weight is 208 g/mol. The molecule has 0 saturated carbocycles. The third kappa shape index (κ3) is 3.49. The molecule has 0 amide bonds. The van der Waals surface area contributed by atoms with Crippen LogP contribution in [0.25, 0.3) is 0 Å². The molecule has 1 atom stereocenters. The standard InChI is InChI=1S/C11H16N2S/c1-4-5-6-10(12-3)7-11-8-14-9(2)13-11/h8,10,12H,6-7H2,1-3H3. The maximum atomic E-state index is 4.44. The summed E-state index contributed by atoms with van der Waals surface area (Å²) in [5.74, 6) is 6.01. The minimum absolute atomic E-state index is 0.420. The Bertz CT molecular complexity index is 333. The van der Waals surface area contributed by atoms with Crippen LogP contribution in [0.5, 0.6) is 0 Å². The molecule has 0 fully saturated rings. The zero-order valence-corrected chi connectivity index (χ0v) is 9.74. The first-order valence-electron chi connectivity index (χ1n) is 4.74. The number of hydrogen-bond acceptors (Lipinski definition) is 3. The van der Waals surface area contributed by atoms with Gasteiger partial charge in [-0.3, -0.25) is 0 Å². The Labute approximate surface area is 89.8 Å². The van der Waals surface area contributed by atoms with Gasteiger partial charge in [-0.15, -0.1) is 23.2 Å². The monoisotopic (exact) mass is 208 g/mol. The van der Waals surface area contributed by atoms with Crippen LogP contribution in [0.1, 0.15) is 24.0 Å². The van der Waals surface area contributed by atoms with E-state index in [9.17, 15) is 0 Å². The fourth-order valence-corrected chi connectivity index (χ4v) is 1.88. The van der Waals surface area contributed by atoms with Gasteiger partial charge in [-0.05, 0) is 20.9 Å². The van der Waals surface area contributed by atoms with Gasteiger partial charge in [0.15, 0.2) is 0 Å². The van der Waals surface area contributed by atoms with Crippen molar-refractivity contribution in [3.8, 4) is 11.8 Å². The van der Waals surface area contributed by atoms with Crippen molar-refractivity contribution in [3.63, 3.8) is 0 Å². The third-order valence-electron chi connectivity index (χ3n) is 2.06. The van der Waals surface area contributed by atoms with E-state index in [0.29, 0.717) is 6.04 Å². The molecule has 0 spiro atoms. The normalized spacial score (nSPS) is 11.9. The molecule has 0 aliphatic rings. The first-order chi connectivity index (χ1) is 6.76. The van der Waals surface area contributed by atoms with E-state index in [1.54, 1.807) is 11.3 Å². The number of nitrogens with zero attached hydrogens (tertiary/aromatic N) is 1. The third-order valence-corrected chi connectivity index (χ3v) is 2.88. The van der Waals surface area contributed by atoms with Crippen molar-refractivity contribution >= 4 is 11.3 Å². The molecule has 0 bridgehead atoms. The van der Waals surface area contributed by atoms with Crippen LogP contribution in [-0.2, 0) is 6.42 Å². The van der Waals surface area contributed by atoms with Crippen molar-refractivity contribution in [3.05, 3.63) is 16.1 Å². The number of rotatable bonds is 4. The molecule has 1 rings (SSSR count). The second-order valence-corrected chi connectivity index (χ2v) is 4.24. The predicted octanol–water partition coefficient (Wildman–Crippen LogP) is 2.00. The smallest absolute Gasteiger partial charge is 0.0897 e. The largest absolute Gasteiger partial charge is 0.316 e. The molecule has 0 aliphatic heterocycles. The van der Waals surface area contributed by atoms with Crippen LogP contribution in [-0.4, -0.2) is 18.1 Å². The highest BCUT2D eigenvalue weighted by Crippen LogP contribution is 2.10. The quantitative estimate of drug-likeness (QED) is 0.766. The molecule has 1 N–H and O–H groups in total. The van der Waals surface area contributed by atoms with Crippen molar-refractivity contribution in [2.24, 2.45) is 0 Å². The van der Waals surface area contributed by atoms with Crippen molar-refractivity contribution in [1.29, 1.82) is 0 Å². The van der Waals surface area contributed by atoms with Crippen LogP contribution in [0, 0.1) is 18.8 Å². The summed E-state index contributed by atoms with van der Waals surface area (Å²) in [7, 11) is 1.97. The lowest BCUT2D eigenvalue weighted by Gasteiger charge is -2.10. The highest BCUT2D eigenvalue weighted by molar-refractivity contribution is 7.09. The lowest BCUT2D eigenvalue weighted by Crippen LogP contribution is -2.27. The molecule has 0 aliphatic carbocycles. The first kappa shape index (κ1) is 11.2. The number of likely N-dealkylation sites (N-methyl/N-ethyl adjacent to an activating group) is 1. The van der Waals surface area contributed by atoms with Crippen LogP contribution < -0.4 is 5.32 Å². The lowest BCUT2D eigenvalue weighted by molar-refractivity contribution is 0.567. The number of thiazole rings is 1. The van der Waals surface area contributed by atoms with Gasteiger partial charge in [-0.25, -0.2) is 4.98 Å². The average Bonchev–Trinajstić information content (AvgIpc) is 2.58. The Morgan fingerprint density at radius 1 is 1.64 bits per heavy atom. The van der Waals surface area contributed by atoms with Gasteiger partial charge in [-0.1, -0.05) is 0 Å². The summed E-state index contributed by atoms with van der Waals surface area (Å²) in [6.45, 7) is 3.91. The molecule has 76 valence electrons. The maximum Gasteiger partial charge on any atom is 0.0897 e. The predicted molar refractivity (Wildman–Crippen MR) is 61.5 cm³/mol. The molecule has 0 radical (unpaired) electrons. The zero-order chi connectivity index (χ0) is 10.4. The summed E-state index contributed by atoms with van der Waals surface area (Å²) in [6.07, 6.45) is 1.86. The second-order valence-electron chi connectivity index (χ2n) is 3.18. The van der Waals surface area contributed by atoms with E-state index in [4.69, 9.17) is 0 Å². The molecular formula is C11H16N2S. The topological polar surface area (TPSA) is 24.9 Å². The van der Waals surface area contributed by atoms with Crippen molar-refractivity contribution in [2.45, 2.75) is 32.7 Å². The van der Waals surface area contributed by atoms with Crippen LogP contribution in [0.2, 0.25) is 0 Å². The Morgan fingerprint density at radius 3 is 2.93 bits per heavy atom. The molecule has 14 heavy (non-hydrogen) atoms. The van der Waals surface area contributed by atoms with Crippen molar-refractivity contribution in [1.82, 2.24) is 10.3 Å². The summed E-state index contributed by atoms with van der Waals surface area (Å²) in [5.41, 5.74) is 1.17. The highest BCUT2D eigenvalue weighted by Gasteiger charge is 2.07. The summed E-state index contributed by atoms with van der Waals surface area (Å²) < 4.78 is 0. The van der Waals surface area contributed by atoms with E-state index < -0.39 is 0 Å². The second kappa shape index (κ2) is 5.79. The van der Waals surface area contributed by atoms with E-state index in [1.165, 1.54) is 5.69 Å². The van der Waals surface area contributed by atoms with E-state index in [0.717, 1.165) is 17.8 Å². The number of hydrogen-bond donors (Lipinski definition) is 1. The van der Waals surface area contributed by atoms with Crippen LogP contribution in [0.4, 0.5) is 0 Å². The molecule has 1 unspecified atom stereocenters. The van der Waals surface area contributed by atoms with E-state index in [-0.39, 0.29) is 0 Å². The fourth-order valence-electron chi connectivity index (χ4n) is 1.26. The van der Waals surface area contributed by atoms with Gasteiger partial charge in [0.1, 0.15) is 0 Å². The van der Waals surface area contributed by atoms with E-state index >= 15 is 0 Å². The number of aromatic nitrogens is 1. The maximum absolute atomic E-state index is 4.44. The molecule has 1 heterocycles. The van der Waals surface area contributed by atoms with Gasteiger partial charge in [0.05, 0.1) is 10.7 Å². The molecular weight excluding hydrogens is 192 g/mol. The molecule has 0 saturated heterocycles. The van der Waals surface area contributed by atoms with Crippen LogP contribution >= 0.6 is 11.3 Å². The molecule has 2 nitrogen and oxygen atoms in total. The van der Waals surface area contributed by atoms with E-state index in [2.05, 4.69) is 27.5 Å². The number of aryl methyl sites for hydroxylation is 1. The fraction of sp³-hybridized carbons (Fsp3) is 0.545. The summed E-state index contributed by atoms with van der Waals surface area (Å²) in [4.78, 5) is 4.44. The van der Waals surface area contributed by atoms with Crippen molar-refractivity contribution in [2.75, 3.05) is 7.05 Å². The Hall–Kier alpha value is -0.850. The number of nitrogens with one attached hydrogen (secondary N) is 1. The van der Waals surface area contributed by atoms with Gasteiger partial charge in [-0.2, -0.15) is 0 Å². The van der Waals surface area contributed by atoms with Crippen molar-refractivity contribution < 1.29 is 0 Å². The summed E-state index contributed by atoms with van der Waals surface area (Å²) in [6, 6.07) is 0.420. The van der Waals surface area contributed by atoms with Gasteiger partial charge >= 0.3 is 0 Å². The summed E-state index contributed by atoms with van der Waals surface area (Å²) >= 11 is 1.71.